The Bertz CT molecular complexity index is 604. The molecule has 0 aliphatic rings. The van der Waals surface area contributed by atoms with Crippen LogP contribution in [-0.4, -0.2) is 16.0 Å². The number of hydrogen-bond acceptors (Lipinski definition) is 3. The number of anilines is 1. The summed E-state index contributed by atoms with van der Waals surface area (Å²) in [4.78, 5) is 15.4. The van der Waals surface area contributed by atoms with Gasteiger partial charge in [0.15, 0.2) is 5.82 Å². The molecule has 0 atom stereocenters. The third kappa shape index (κ3) is 2.65. The largest absolute Gasteiger partial charge is 0.507 e. The number of aromatic hydroxyl groups is 1. The highest BCUT2D eigenvalue weighted by Gasteiger charge is 2.10. The van der Waals surface area contributed by atoms with Gasteiger partial charge < -0.3 is 10.4 Å². The Morgan fingerprint density at radius 2 is 2.17 bits per heavy atom. The lowest BCUT2D eigenvalue weighted by atomic mass is 10.2. The zero-order chi connectivity index (χ0) is 13.1. The van der Waals surface area contributed by atoms with Crippen LogP contribution in [0.15, 0.2) is 41.1 Å². The summed E-state index contributed by atoms with van der Waals surface area (Å²) in [5.41, 5.74) is 0.268. The van der Waals surface area contributed by atoms with Crippen molar-refractivity contribution in [1.82, 2.24) is 4.98 Å². The number of phenolic OH excluding ortho intramolecular Hbond substituents is 1. The number of hydrogen-bond donors (Lipinski definition) is 2. The van der Waals surface area contributed by atoms with E-state index < -0.39 is 11.7 Å². The predicted octanol–water partition coefficient (Wildman–Crippen LogP) is 2.94. The molecule has 4 nitrogen and oxygen atoms in total. The van der Waals surface area contributed by atoms with Crippen LogP contribution in [0.25, 0.3) is 0 Å². The van der Waals surface area contributed by atoms with Gasteiger partial charge in [0, 0.05) is 11.8 Å². The van der Waals surface area contributed by atoms with E-state index in [1.54, 1.807) is 0 Å². The van der Waals surface area contributed by atoms with Gasteiger partial charge in [0.2, 0.25) is 0 Å². The average molecular weight is 311 g/mol. The summed E-state index contributed by atoms with van der Waals surface area (Å²) in [5.74, 6) is -1.19. The van der Waals surface area contributed by atoms with Gasteiger partial charge in [-0.05, 0) is 40.2 Å². The maximum atomic E-state index is 13.3. The van der Waals surface area contributed by atoms with Gasteiger partial charge in [0.25, 0.3) is 5.91 Å². The fourth-order valence-corrected chi connectivity index (χ4v) is 1.57. The fourth-order valence-electron chi connectivity index (χ4n) is 1.32. The maximum Gasteiger partial charge on any atom is 0.255 e. The molecular weight excluding hydrogens is 303 g/mol. The van der Waals surface area contributed by atoms with Crippen LogP contribution in [0.3, 0.4) is 0 Å². The lowest BCUT2D eigenvalue weighted by Gasteiger charge is -2.06. The van der Waals surface area contributed by atoms with Crippen LogP contribution in [0.1, 0.15) is 10.4 Å². The van der Waals surface area contributed by atoms with Crippen LogP contribution >= 0.6 is 15.9 Å². The summed E-state index contributed by atoms with van der Waals surface area (Å²) in [5, 5.41) is 11.9. The monoisotopic (exact) mass is 310 g/mol. The van der Waals surface area contributed by atoms with Crippen molar-refractivity contribution in [3.05, 3.63) is 52.5 Å². The Morgan fingerprint density at radius 1 is 1.39 bits per heavy atom. The van der Waals surface area contributed by atoms with E-state index in [2.05, 4.69) is 26.2 Å². The molecule has 0 bridgehead atoms. The molecule has 1 aromatic heterocycles. The summed E-state index contributed by atoms with van der Waals surface area (Å²) in [7, 11) is 0. The van der Waals surface area contributed by atoms with Gasteiger partial charge in [-0.1, -0.05) is 0 Å². The molecule has 0 saturated carbocycles. The van der Waals surface area contributed by atoms with Gasteiger partial charge in [0.1, 0.15) is 5.75 Å². The molecule has 2 N–H and O–H groups in total. The minimum atomic E-state index is -0.618. The van der Waals surface area contributed by atoms with Crippen LogP contribution in [0.4, 0.5) is 10.1 Å². The highest BCUT2D eigenvalue weighted by molar-refractivity contribution is 9.10. The van der Waals surface area contributed by atoms with Crippen LogP contribution in [0.5, 0.6) is 5.75 Å². The summed E-state index contributed by atoms with van der Waals surface area (Å²) < 4.78 is 13.8. The molecule has 1 aromatic carbocycles. The zero-order valence-corrected chi connectivity index (χ0v) is 10.6. The second-order valence-corrected chi connectivity index (χ2v) is 4.33. The second-order valence-electron chi connectivity index (χ2n) is 3.48. The van der Waals surface area contributed by atoms with Gasteiger partial charge in [-0.15, -0.1) is 0 Å². The molecule has 6 heteroatoms. The molecule has 0 fully saturated rings. The molecule has 0 saturated heterocycles. The van der Waals surface area contributed by atoms with Crippen molar-refractivity contribution < 1.29 is 14.3 Å². The number of amides is 1. The summed E-state index contributed by atoms with van der Waals surface area (Å²) in [6, 6.07) is 5.69. The number of carbonyl (C=O) groups excluding carboxylic acids is 1. The van der Waals surface area contributed by atoms with E-state index >= 15 is 0 Å². The zero-order valence-electron chi connectivity index (χ0n) is 9.02. The molecule has 92 valence electrons. The number of rotatable bonds is 2. The van der Waals surface area contributed by atoms with Crippen molar-refractivity contribution in [3.63, 3.8) is 0 Å². The lowest BCUT2D eigenvalue weighted by molar-refractivity contribution is 0.102. The highest BCUT2D eigenvalue weighted by atomic mass is 79.9. The minimum Gasteiger partial charge on any atom is -0.507 e. The Labute approximate surface area is 111 Å². The van der Waals surface area contributed by atoms with E-state index in [1.165, 1.54) is 30.5 Å². The van der Waals surface area contributed by atoms with E-state index in [9.17, 15) is 14.3 Å². The fraction of sp³-hybridized carbons (Fsp3) is 0. The maximum absolute atomic E-state index is 13.3. The van der Waals surface area contributed by atoms with Crippen LogP contribution in [0.2, 0.25) is 0 Å². The molecule has 0 spiro atoms. The van der Waals surface area contributed by atoms with E-state index in [0.29, 0.717) is 4.47 Å². The van der Waals surface area contributed by atoms with Crippen LogP contribution < -0.4 is 5.32 Å². The SMILES string of the molecule is O=C(Nc1ccncc1F)c1ccc(Br)c(O)c1. The smallest absolute Gasteiger partial charge is 0.255 e. The van der Waals surface area contributed by atoms with Gasteiger partial charge in [-0.3, -0.25) is 9.78 Å². The van der Waals surface area contributed by atoms with Gasteiger partial charge in [0.05, 0.1) is 16.4 Å². The third-order valence-electron chi connectivity index (χ3n) is 2.23. The first-order valence-electron chi connectivity index (χ1n) is 4.97. The van der Waals surface area contributed by atoms with E-state index in [1.807, 2.05) is 0 Å². The normalized spacial score (nSPS) is 10.1. The highest BCUT2D eigenvalue weighted by Crippen LogP contribution is 2.24. The number of carbonyl (C=O) groups is 1. The number of pyridine rings is 1. The molecule has 1 heterocycles. The first-order valence-corrected chi connectivity index (χ1v) is 5.76. The second kappa shape index (κ2) is 5.14. The Hall–Kier alpha value is -1.95. The van der Waals surface area contributed by atoms with Crippen molar-refractivity contribution in [2.24, 2.45) is 0 Å². The van der Waals surface area contributed by atoms with Crippen molar-refractivity contribution >= 4 is 27.5 Å². The number of aromatic nitrogens is 1. The molecule has 0 aliphatic carbocycles. The molecule has 18 heavy (non-hydrogen) atoms. The molecule has 0 radical (unpaired) electrons. The lowest BCUT2D eigenvalue weighted by Crippen LogP contribution is -2.12. The molecule has 2 rings (SSSR count). The van der Waals surface area contributed by atoms with Crippen LogP contribution in [0, 0.1) is 5.82 Å². The first kappa shape index (κ1) is 12.5. The standard InChI is InChI=1S/C12H8BrFN2O2/c13-8-2-1-7(5-11(8)17)12(18)16-10-3-4-15-6-9(10)14/h1-6,17H,(H,15,16,18). The number of benzene rings is 1. The van der Waals surface area contributed by atoms with Crippen molar-refractivity contribution in [1.29, 1.82) is 0 Å². The van der Waals surface area contributed by atoms with Gasteiger partial charge in [-0.2, -0.15) is 0 Å². The Kier molecular flexibility index (Phi) is 3.57. The van der Waals surface area contributed by atoms with E-state index in [4.69, 9.17) is 0 Å². The Morgan fingerprint density at radius 3 is 2.83 bits per heavy atom. The van der Waals surface area contributed by atoms with Crippen molar-refractivity contribution in [2.45, 2.75) is 0 Å². The average Bonchev–Trinajstić information content (AvgIpc) is 2.35. The summed E-state index contributed by atoms with van der Waals surface area (Å²) in [6.07, 6.45) is 2.38. The van der Waals surface area contributed by atoms with E-state index in [0.717, 1.165) is 6.20 Å². The molecule has 0 unspecified atom stereocenters. The molecule has 0 aliphatic heterocycles. The molecule has 1 amide bonds. The van der Waals surface area contributed by atoms with Gasteiger partial charge >= 0.3 is 0 Å². The summed E-state index contributed by atoms with van der Waals surface area (Å²) >= 11 is 3.11. The van der Waals surface area contributed by atoms with Crippen LogP contribution in [-0.2, 0) is 0 Å². The quantitative estimate of drug-likeness (QED) is 0.896. The van der Waals surface area contributed by atoms with Gasteiger partial charge in [-0.25, -0.2) is 4.39 Å². The molecular formula is C12H8BrFN2O2. The topological polar surface area (TPSA) is 62.2 Å². The minimum absolute atomic E-state index is 0.0393. The molecule has 2 aromatic rings. The number of halogens is 2. The van der Waals surface area contributed by atoms with Crippen molar-refractivity contribution in [3.8, 4) is 5.75 Å². The van der Waals surface area contributed by atoms with E-state index in [-0.39, 0.29) is 17.0 Å². The third-order valence-corrected chi connectivity index (χ3v) is 2.90. The van der Waals surface area contributed by atoms with Crippen molar-refractivity contribution in [2.75, 3.05) is 5.32 Å². The number of nitrogens with one attached hydrogen (secondary N) is 1. The first-order chi connectivity index (χ1) is 8.58. The number of nitrogens with zero attached hydrogens (tertiary/aromatic N) is 1. The Balaban J connectivity index is 2.22. The summed E-state index contributed by atoms with van der Waals surface area (Å²) in [6.45, 7) is 0. The predicted molar refractivity (Wildman–Crippen MR) is 68.0 cm³/mol. The number of phenols is 1.